The van der Waals surface area contributed by atoms with E-state index in [1.807, 2.05) is 60.7 Å². The minimum absolute atomic E-state index is 0.0379. The zero-order valence-corrected chi connectivity index (χ0v) is 22.3. The van der Waals surface area contributed by atoms with Gasteiger partial charge in [0.05, 0.1) is 0 Å². The van der Waals surface area contributed by atoms with Crippen LogP contribution >= 0.6 is 0 Å². The van der Waals surface area contributed by atoms with Crippen LogP contribution in [-0.4, -0.2) is 41.7 Å². The third-order valence-electron chi connectivity index (χ3n) is 5.73. The van der Waals surface area contributed by atoms with Crippen LogP contribution in [-0.2, 0) is 22.7 Å². The number of benzene rings is 2. The Labute approximate surface area is 232 Å². The van der Waals surface area contributed by atoms with Gasteiger partial charge in [-0.1, -0.05) is 81.3 Å². The highest BCUT2D eigenvalue weighted by molar-refractivity contribution is 5.78. The van der Waals surface area contributed by atoms with Gasteiger partial charge in [0.1, 0.15) is 40.6 Å². The lowest BCUT2D eigenvalue weighted by molar-refractivity contribution is -0.142. The molecule has 4 heterocycles. The second-order valence-corrected chi connectivity index (χ2v) is 8.63. The highest BCUT2D eigenvalue weighted by Crippen LogP contribution is 2.34. The van der Waals surface area contributed by atoms with Crippen molar-refractivity contribution in [1.82, 2.24) is 30.6 Å². The van der Waals surface area contributed by atoms with Crippen molar-refractivity contribution >= 4 is 5.97 Å². The van der Waals surface area contributed by atoms with Crippen LogP contribution in [0, 0.1) is 13.8 Å². The molecule has 6 rings (SSSR count). The number of rotatable bonds is 7. The van der Waals surface area contributed by atoms with Crippen molar-refractivity contribution in [3.05, 3.63) is 83.8 Å². The Kier molecular flexibility index (Phi) is 8.06. The zero-order valence-electron chi connectivity index (χ0n) is 22.3. The summed E-state index contributed by atoms with van der Waals surface area (Å²) >= 11 is 0. The molecule has 0 aliphatic heterocycles. The molecular formula is C28H24N6O7. The average molecular weight is 557 g/mol. The van der Waals surface area contributed by atoms with Crippen LogP contribution in [0.3, 0.4) is 0 Å². The molecule has 0 aliphatic rings. The lowest BCUT2D eigenvalue weighted by Crippen LogP contribution is -2.00. The molecular weight excluding hydrogens is 532 g/mol. The maximum absolute atomic E-state index is 10.8. The molecule has 0 spiro atoms. The third kappa shape index (κ3) is 6.09. The fraction of sp³-hybridized carbons (Fsp3) is 0.179. The molecule has 0 bridgehead atoms. The molecule has 0 aliphatic carbocycles. The summed E-state index contributed by atoms with van der Waals surface area (Å²) < 4.78 is 25.7. The number of carbonyl (C=O) groups excluding carboxylic acids is 1. The lowest BCUT2D eigenvalue weighted by atomic mass is 10.1. The molecule has 1 N–H and O–H groups in total. The van der Waals surface area contributed by atoms with E-state index in [0.29, 0.717) is 39.9 Å². The van der Waals surface area contributed by atoms with E-state index in [1.165, 1.54) is 6.92 Å². The van der Waals surface area contributed by atoms with E-state index in [4.69, 9.17) is 27.9 Å². The largest absolute Gasteiger partial charge is 0.457 e. The average Bonchev–Trinajstić information content (AvgIpc) is 3.80. The summed E-state index contributed by atoms with van der Waals surface area (Å²) in [4.78, 5) is 19.1. The molecule has 208 valence electrons. The molecule has 0 fully saturated rings. The van der Waals surface area contributed by atoms with Gasteiger partial charge < -0.3 is 27.9 Å². The minimum atomic E-state index is -0.405. The second-order valence-electron chi connectivity index (χ2n) is 8.63. The zero-order chi connectivity index (χ0) is 28.8. The molecule has 4 aromatic heterocycles. The maximum Gasteiger partial charge on any atom is 0.303 e. The number of nitrogens with zero attached hydrogens (tertiary/aromatic N) is 6. The predicted molar refractivity (Wildman–Crippen MR) is 141 cm³/mol. The van der Waals surface area contributed by atoms with E-state index < -0.39 is 5.97 Å². The summed E-state index contributed by atoms with van der Waals surface area (Å²) in [6.45, 7) is 4.55. The van der Waals surface area contributed by atoms with E-state index in [9.17, 15) is 4.79 Å². The fourth-order valence-electron chi connectivity index (χ4n) is 3.83. The Bertz CT molecular complexity index is 1740. The van der Waals surface area contributed by atoms with Gasteiger partial charge in [-0.05, 0) is 13.8 Å². The van der Waals surface area contributed by atoms with Crippen molar-refractivity contribution in [1.29, 1.82) is 0 Å². The molecule has 2 aromatic carbocycles. The summed E-state index contributed by atoms with van der Waals surface area (Å²) in [5.74, 6) is 1.84. The van der Waals surface area contributed by atoms with Gasteiger partial charge in [0, 0.05) is 18.1 Å². The van der Waals surface area contributed by atoms with Gasteiger partial charge >= 0.3 is 5.97 Å². The van der Waals surface area contributed by atoms with Crippen LogP contribution in [0.4, 0.5) is 0 Å². The first kappa shape index (κ1) is 27.1. The Morgan fingerprint density at radius 2 is 1.17 bits per heavy atom. The molecule has 13 heteroatoms. The highest BCUT2D eigenvalue weighted by atomic mass is 16.5. The van der Waals surface area contributed by atoms with Gasteiger partial charge in [0.15, 0.2) is 12.4 Å². The standard InChI is InChI=1S/C15H13N3O4.C13H11N3O3/c1-9-13(14(18-21-9)11-6-4-3-5-7-11)15-16-12(17-22-15)8-20-10(2)19;1-8-11(13-14-10(7-17)15-19-13)12(16-18-8)9-5-3-2-4-6-9/h3-7H,8H2,1-2H3;2-6,17H,7H2,1H3. The Morgan fingerprint density at radius 1 is 0.707 bits per heavy atom. The van der Waals surface area contributed by atoms with Gasteiger partial charge in [-0.15, -0.1) is 0 Å². The van der Waals surface area contributed by atoms with Crippen LogP contribution < -0.4 is 0 Å². The van der Waals surface area contributed by atoms with E-state index in [0.717, 1.165) is 11.1 Å². The number of aromatic nitrogens is 6. The smallest absolute Gasteiger partial charge is 0.303 e. The molecule has 0 amide bonds. The molecule has 0 saturated heterocycles. The Morgan fingerprint density at radius 3 is 1.61 bits per heavy atom. The first-order valence-corrected chi connectivity index (χ1v) is 12.4. The number of aliphatic hydroxyl groups is 1. The normalized spacial score (nSPS) is 10.7. The highest BCUT2D eigenvalue weighted by Gasteiger charge is 2.23. The molecule has 6 aromatic rings. The number of ether oxygens (including phenoxy) is 1. The van der Waals surface area contributed by atoms with Crippen LogP contribution in [0.25, 0.3) is 45.4 Å². The van der Waals surface area contributed by atoms with Gasteiger partial charge in [-0.3, -0.25) is 4.79 Å². The summed E-state index contributed by atoms with van der Waals surface area (Å²) in [7, 11) is 0. The quantitative estimate of drug-likeness (QED) is 0.261. The van der Waals surface area contributed by atoms with Crippen molar-refractivity contribution in [2.45, 2.75) is 34.0 Å². The first-order chi connectivity index (χ1) is 19.9. The summed E-state index contributed by atoms with van der Waals surface area (Å²) in [6.07, 6.45) is 0. The van der Waals surface area contributed by atoms with Gasteiger partial charge in [0.2, 0.25) is 5.82 Å². The van der Waals surface area contributed by atoms with Crippen LogP contribution in [0.1, 0.15) is 30.1 Å². The van der Waals surface area contributed by atoms with Crippen molar-refractivity contribution in [2.24, 2.45) is 0 Å². The van der Waals surface area contributed by atoms with Crippen molar-refractivity contribution < 1.29 is 32.7 Å². The number of carbonyl (C=O) groups is 1. The summed E-state index contributed by atoms with van der Waals surface area (Å²) in [6, 6.07) is 19.1. The van der Waals surface area contributed by atoms with Crippen LogP contribution in [0.15, 0.2) is 78.8 Å². The lowest BCUT2D eigenvalue weighted by Gasteiger charge is -1.97. The van der Waals surface area contributed by atoms with Crippen molar-refractivity contribution in [3.8, 4) is 45.4 Å². The number of aryl methyl sites for hydroxylation is 2. The molecule has 0 unspecified atom stereocenters. The van der Waals surface area contributed by atoms with Gasteiger partial charge in [-0.2, -0.15) is 9.97 Å². The number of esters is 1. The van der Waals surface area contributed by atoms with Crippen molar-refractivity contribution in [2.75, 3.05) is 0 Å². The molecule has 0 saturated carbocycles. The summed E-state index contributed by atoms with van der Waals surface area (Å²) in [5.41, 5.74) is 4.34. The van der Waals surface area contributed by atoms with E-state index in [1.54, 1.807) is 13.8 Å². The molecule has 13 nitrogen and oxygen atoms in total. The van der Waals surface area contributed by atoms with E-state index >= 15 is 0 Å². The van der Waals surface area contributed by atoms with Gasteiger partial charge in [-0.25, -0.2) is 0 Å². The number of hydrogen-bond acceptors (Lipinski definition) is 13. The molecule has 41 heavy (non-hydrogen) atoms. The number of hydrogen-bond donors (Lipinski definition) is 1. The van der Waals surface area contributed by atoms with Crippen molar-refractivity contribution in [3.63, 3.8) is 0 Å². The molecule has 0 radical (unpaired) electrons. The maximum atomic E-state index is 10.8. The molecule has 0 atom stereocenters. The predicted octanol–water partition coefficient (Wildman–Crippen LogP) is 4.96. The SMILES string of the molecule is CC(=O)OCc1noc(-c2c(-c3ccccc3)noc2C)n1.Cc1onc(-c2ccccc2)c1-c1nc(CO)no1. The van der Waals surface area contributed by atoms with E-state index in [2.05, 4.69) is 30.6 Å². The third-order valence-corrected chi connectivity index (χ3v) is 5.73. The first-order valence-electron chi connectivity index (χ1n) is 12.4. The van der Waals surface area contributed by atoms with E-state index in [-0.39, 0.29) is 30.8 Å². The second kappa shape index (κ2) is 12.2. The topological polar surface area (TPSA) is 176 Å². The monoisotopic (exact) mass is 556 g/mol. The van der Waals surface area contributed by atoms with Crippen LogP contribution in [0.2, 0.25) is 0 Å². The number of aliphatic hydroxyl groups excluding tert-OH is 1. The summed E-state index contributed by atoms with van der Waals surface area (Å²) in [5, 5.41) is 24.5. The van der Waals surface area contributed by atoms with Gasteiger partial charge in [0.25, 0.3) is 11.8 Å². The fourth-order valence-corrected chi connectivity index (χ4v) is 3.83. The Balaban J connectivity index is 0.000000166. The van der Waals surface area contributed by atoms with Crippen LogP contribution in [0.5, 0.6) is 0 Å². The Hall–Kier alpha value is -5.43. The minimum Gasteiger partial charge on any atom is -0.457 e.